The standard InChI is InChI=1S/2C8H6N2S2/c2*11-8-10-7(5-12-8)6-1-3-9-4-2-6/h2*1-5H,(H,10,11). The Kier molecular flexibility index (Phi) is 5.76. The Balaban J connectivity index is 0.000000141. The van der Waals surface area contributed by atoms with E-state index in [0.717, 1.165) is 30.4 Å². The van der Waals surface area contributed by atoms with E-state index in [1.54, 1.807) is 24.8 Å². The second kappa shape index (κ2) is 8.20. The summed E-state index contributed by atoms with van der Waals surface area (Å²) in [7, 11) is 0. The van der Waals surface area contributed by atoms with Gasteiger partial charge in [-0.1, -0.05) is 0 Å². The first-order chi connectivity index (χ1) is 11.7. The van der Waals surface area contributed by atoms with Gasteiger partial charge in [0.05, 0.1) is 11.4 Å². The van der Waals surface area contributed by atoms with Crippen molar-refractivity contribution in [3.63, 3.8) is 0 Å². The van der Waals surface area contributed by atoms with Crippen LogP contribution in [-0.4, -0.2) is 19.9 Å². The molecule has 0 aromatic carbocycles. The van der Waals surface area contributed by atoms with E-state index < -0.39 is 0 Å². The van der Waals surface area contributed by atoms with Gasteiger partial charge in [0.1, 0.15) is 0 Å². The number of pyridine rings is 2. The fraction of sp³-hybridized carbons (Fsp3) is 0. The number of aromatic amines is 2. The molecule has 4 heterocycles. The number of thiazole rings is 2. The largest absolute Gasteiger partial charge is 0.337 e. The maximum atomic E-state index is 4.98. The lowest BCUT2D eigenvalue weighted by molar-refractivity contribution is 1.31. The summed E-state index contributed by atoms with van der Waals surface area (Å²) in [4.78, 5) is 14.1. The van der Waals surface area contributed by atoms with Crippen LogP contribution in [0.5, 0.6) is 0 Å². The van der Waals surface area contributed by atoms with E-state index in [1.807, 2.05) is 35.0 Å². The van der Waals surface area contributed by atoms with Gasteiger partial charge in [0.15, 0.2) is 7.91 Å². The molecule has 8 heteroatoms. The minimum Gasteiger partial charge on any atom is -0.337 e. The van der Waals surface area contributed by atoms with Crippen molar-refractivity contribution in [2.24, 2.45) is 0 Å². The van der Waals surface area contributed by atoms with Gasteiger partial charge >= 0.3 is 0 Å². The van der Waals surface area contributed by atoms with E-state index in [-0.39, 0.29) is 0 Å². The fourth-order valence-electron chi connectivity index (χ4n) is 1.91. The van der Waals surface area contributed by atoms with Crippen LogP contribution in [0.4, 0.5) is 0 Å². The van der Waals surface area contributed by atoms with Crippen molar-refractivity contribution in [2.45, 2.75) is 0 Å². The van der Waals surface area contributed by atoms with Gasteiger partial charge in [0.2, 0.25) is 0 Å². The second-order valence-electron chi connectivity index (χ2n) is 4.60. The van der Waals surface area contributed by atoms with Crippen molar-refractivity contribution < 1.29 is 0 Å². The minimum atomic E-state index is 0.807. The number of hydrogen-bond donors (Lipinski definition) is 2. The second-order valence-corrected chi connectivity index (χ2v) is 7.69. The first-order valence-corrected chi connectivity index (χ1v) is 9.46. The third kappa shape index (κ3) is 4.51. The molecule has 0 aliphatic carbocycles. The minimum absolute atomic E-state index is 0.807. The van der Waals surface area contributed by atoms with Crippen molar-refractivity contribution in [2.75, 3.05) is 0 Å². The van der Waals surface area contributed by atoms with Crippen LogP contribution in [0.1, 0.15) is 0 Å². The summed E-state index contributed by atoms with van der Waals surface area (Å²) in [5, 5.41) is 4.02. The summed E-state index contributed by atoms with van der Waals surface area (Å²) in [5.74, 6) is 0. The molecule has 0 unspecified atom stereocenters. The SMILES string of the molecule is S=c1[nH]c(-c2ccncc2)cs1.S=c1[nH]c(-c2ccncc2)cs1. The lowest BCUT2D eigenvalue weighted by atomic mass is 10.2. The van der Waals surface area contributed by atoms with Gasteiger partial charge in [0, 0.05) is 46.7 Å². The maximum Gasteiger partial charge on any atom is 0.158 e. The molecule has 4 rings (SSSR count). The Bertz CT molecular complexity index is 916. The van der Waals surface area contributed by atoms with Gasteiger partial charge in [-0.2, -0.15) is 0 Å². The predicted molar refractivity (Wildman–Crippen MR) is 105 cm³/mol. The van der Waals surface area contributed by atoms with Crippen molar-refractivity contribution in [1.82, 2.24) is 19.9 Å². The van der Waals surface area contributed by atoms with E-state index in [0.29, 0.717) is 0 Å². The molecule has 4 aromatic heterocycles. The molecule has 0 radical (unpaired) electrons. The molecular weight excluding hydrogens is 376 g/mol. The van der Waals surface area contributed by atoms with Gasteiger partial charge in [-0.05, 0) is 48.7 Å². The molecule has 0 aliphatic heterocycles. The number of aromatic nitrogens is 4. The Morgan fingerprint density at radius 2 is 1.04 bits per heavy atom. The number of hydrogen-bond acceptors (Lipinski definition) is 6. The predicted octanol–water partition coefficient (Wildman–Crippen LogP) is 5.74. The van der Waals surface area contributed by atoms with E-state index in [1.165, 1.54) is 22.7 Å². The molecule has 0 aliphatic rings. The zero-order chi connectivity index (χ0) is 16.8. The monoisotopic (exact) mass is 388 g/mol. The van der Waals surface area contributed by atoms with Crippen LogP contribution >= 0.6 is 47.1 Å². The topological polar surface area (TPSA) is 57.4 Å². The first kappa shape index (κ1) is 16.8. The molecule has 24 heavy (non-hydrogen) atoms. The molecule has 0 spiro atoms. The molecular formula is C16H12N4S4. The fourth-order valence-corrected chi connectivity index (χ4v) is 3.59. The van der Waals surface area contributed by atoms with Gasteiger partial charge in [0.25, 0.3) is 0 Å². The van der Waals surface area contributed by atoms with E-state index >= 15 is 0 Å². The molecule has 2 N–H and O–H groups in total. The summed E-state index contributed by atoms with van der Waals surface area (Å²) in [6, 6.07) is 7.81. The third-order valence-electron chi connectivity index (χ3n) is 3.02. The van der Waals surface area contributed by atoms with Gasteiger partial charge in [-0.15, -0.1) is 22.7 Å². The summed E-state index contributed by atoms with van der Waals surface area (Å²) in [6.07, 6.45) is 7.07. The van der Waals surface area contributed by atoms with E-state index in [9.17, 15) is 0 Å². The van der Waals surface area contributed by atoms with E-state index in [4.69, 9.17) is 24.4 Å². The lowest BCUT2D eigenvalue weighted by Crippen LogP contribution is -1.76. The van der Waals surface area contributed by atoms with Gasteiger partial charge in [-0.25, -0.2) is 0 Å². The lowest BCUT2D eigenvalue weighted by Gasteiger charge is -1.93. The Hall–Kier alpha value is -2.00. The summed E-state index contributed by atoms with van der Waals surface area (Å²) < 4.78 is 1.61. The molecule has 120 valence electrons. The van der Waals surface area contributed by atoms with Crippen molar-refractivity contribution in [1.29, 1.82) is 0 Å². The maximum absolute atomic E-state index is 4.98. The van der Waals surface area contributed by atoms with E-state index in [2.05, 4.69) is 19.9 Å². The quantitative estimate of drug-likeness (QED) is 0.430. The number of nitrogens with one attached hydrogen (secondary N) is 2. The zero-order valence-corrected chi connectivity index (χ0v) is 15.6. The van der Waals surface area contributed by atoms with Crippen LogP contribution < -0.4 is 0 Å². The molecule has 0 atom stereocenters. The average molecular weight is 389 g/mol. The smallest absolute Gasteiger partial charge is 0.158 e. The van der Waals surface area contributed by atoms with Crippen LogP contribution in [-0.2, 0) is 0 Å². The van der Waals surface area contributed by atoms with Crippen molar-refractivity contribution >= 4 is 47.1 Å². The third-order valence-corrected chi connectivity index (χ3v) is 5.14. The molecule has 0 amide bonds. The zero-order valence-electron chi connectivity index (χ0n) is 12.3. The highest BCUT2D eigenvalue weighted by atomic mass is 32.2. The molecule has 0 fully saturated rings. The van der Waals surface area contributed by atoms with Crippen LogP contribution in [0.15, 0.2) is 59.8 Å². The molecule has 0 bridgehead atoms. The molecule has 0 saturated heterocycles. The normalized spacial score (nSPS) is 10.0. The number of rotatable bonds is 2. The number of nitrogens with zero attached hydrogens (tertiary/aromatic N) is 2. The molecule has 4 aromatic rings. The van der Waals surface area contributed by atoms with Gasteiger partial charge < -0.3 is 9.97 Å². The number of H-pyrrole nitrogens is 2. The summed E-state index contributed by atoms with van der Waals surface area (Å²) >= 11 is 13.0. The summed E-state index contributed by atoms with van der Waals surface area (Å²) in [5.41, 5.74) is 4.37. The van der Waals surface area contributed by atoms with Crippen molar-refractivity contribution in [3.05, 3.63) is 67.7 Å². The Morgan fingerprint density at radius 1 is 0.667 bits per heavy atom. The Labute approximate surface area is 156 Å². The van der Waals surface area contributed by atoms with Crippen LogP contribution in [0.3, 0.4) is 0 Å². The Morgan fingerprint density at radius 3 is 1.33 bits per heavy atom. The van der Waals surface area contributed by atoms with Crippen LogP contribution in [0.25, 0.3) is 22.5 Å². The van der Waals surface area contributed by atoms with Gasteiger partial charge in [-0.3, -0.25) is 9.97 Å². The molecule has 0 saturated carbocycles. The van der Waals surface area contributed by atoms with Crippen molar-refractivity contribution in [3.8, 4) is 22.5 Å². The van der Waals surface area contributed by atoms with Crippen LogP contribution in [0.2, 0.25) is 0 Å². The van der Waals surface area contributed by atoms with Crippen LogP contribution in [0, 0.1) is 7.91 Å². The highest BCUT2D eigenvalue weighted by Gasteiger charge is 1.97. The molecule has 4 nitrogen and oxygen atoms in total. The summed E-state index contributed by atoms with van der Waals surface area (Å²) in [6.45, 7) is 0. The first-order valence-electron chi connectivity index (χ1n) is 6.89. The average Bonchev–Trinajstić information content (AvgIpc) is 3.26. The highest BCUT2D eigenvalue weighted by Crippen LogP contribution is 2.19. The highest BCUT2D eigenvalue weighted by molar-refractivity contribution is 7.73.